The highest BCUT2D eigenvalue weighted by atomic mass is 79.9. The van der Waals surface area contributed by atoms with Gasteiger partial charge in [0.25, 0.3) is 0 Å². The molecule has 0 aliphatic rings. The molecule has 0 radical (unpaired) electrons. The number of methoxy groups -OCH3 is 1. The first-order valence-electron chi connectivity index (χ1n) is 5.56. The van der Waals surface area contributed by atoms with Gasteiger partial charge in [0.05, 0.1) is 17.5 Å². The van der Waals surface area contributed by atoms with Gasteiger partial charge in [-0.25, -0.2) is 8.78 Å². The average molecular weight is 382 g/mol. The highest BCUT2D eigenvalue weighted by molar-refractivity contribution is 9.10. The summed E-state index contributed by atoms with van der Waals surface area (Å²) in [4.78, 5) is 0. The van der Waals surface area contributed by atoms with Crippen LogP contribution in [0.25, 0.3) is 0 Å². The van der Waals surface area contributed by atoms with Gasteiger partial charge in [0.1, 0.15) is 5.82 Å². The quantitative estimate of drug-likeness (QED) is 0.488. The second kappa shape index (κ2) is 6.29. The van der Waals surface area contributed by atoms with Crippen LogP contribution in [-0.2, 0) is 0 Å². The zero-order valence-corrected chi connectivity index (χ0v) is 13.4. The van der Waals surface area contributed by atoms with Gasteiger partial charge in [-0.2, -0.15) is 0 Å². The summed E-state index contributed by atoms with van der Waals surface area (Å²) in [5, 5.41) is -0.448. The van der Waals surface area contributed by atoms with Gasteiger partial charge < -0.3 is 4.74 Å². The molecule has 2 rings (SSSR count). The highest BCUT2D eigenvalue weighted by Crippen LogP contribution is 2.36. The molecule has 0 aliphatic heterocycles. The molecule has 1 atom stereocenters. The van der Waals surface area contributed by atoms with Crippen LogP contribution in [0, 0.1) is 11.6 Å². The van der Waals surface area contributed by atoms with E-state index in [1.165, 1.54) is 37.4 Å². The number of halogens is 5. The molecule has 0 aromatic heterocycles. The molecule has 6 heteroatoms. The zero-order valence-electron chi connectivity index (χ0n) is 10.3. The third kappa shape index (κ3) is 3.08. The van der Waals surface area contributed by atoms with Crippen molar-refractivity contribution in [1.29, 1.82) is 0 Å². The van der Waals surface area contributed by atoms with E-state index in [4.69, 9.17) is 27.9 Å². The second-order valence-corrected chi connectivity index (χ2v) is 5.74. The van der Waals surface area contributed by atoms with Gasteiger partial charge in [-0.1, -0.05) is 17.7 Å². The van der Waals surface area contributed by atoms with Crippen LogP contribution in [0.2, 0.25) is 5.02 Å². The summed E-state index contributed by atoms with van der Waals surface area (Å²) < 4.78 is 32.6. The maximum absolute atomic E-state index is 13.9. The molecule has 0 amide bonds. The van der Waals surface area contributed by atoms with Crippen molar-refractivity contribution < 1.29 is 13.5 Å². The lowest BCUT2D eigenvalue weighted by molar-refractivity contribution is 0.386. The fraction of sp³-hybridized carbons (Fsp3) is 0.143. The average Bonchev–Trinajstić information content (AvgIpc) is 2.42. The van der Waals surface area contributed by atoms with Crippen LogP contribution < -0.4 is 4.74 Å². The maximum atomic E-state index is 13.9. The molecular formula is C14H9BrCl2F2O. The Balaban J connectivity index is 2.46. The topological polar surface area (TPSA) is 9.23 Å². The van der Waals surface area contributed by atoms with Gasteiger partial charge in [0, 0.05) is 10.0 Å². The molecule has 1 unspecified atom stereocenters. The summed E-state index contributed by atoms with van der Waals surface area (Å²) in [6, 6.07) is 6.82. The molecular weight excluding hydrogens is 373 g/mol. The van der Waals surface area contributed by atoms with Gasteiger partial charge >= 0.3 is 0 Å². The normalized spacial score (nSPS) is 12.3. The summed E-state index contributed by atoms with van der Waals surface area (Å²) in [6.45, 7) is 0. The molecule has 106 valence electrons. The van der Waals surface area contributed by atoms with E-state index in [9.17, 15) is 8.78 Å². The van der Waals surface area contributed by atoms with Gasteiger partial charge in [0.2, 0.25) is 0 Å². The molecule has 2 aromatic rings. The minimum atomic E-state index is -0.796. The van der Waals surface area contributed by atoms with Crippen molar-refractivity contribution in [3.8, 4) is 5.75 Å². The first-order chi connectivity index (χ1) is 9.43. The lowest BCUT2D eigenvalue weighted by Gasteiger charge is -2.14. The van der Waals surface area contributed by atoms with Crippen LogP contribution in [0.15, 0.2) is 34.8 Å². The van der Waals surface area contributed by atoms with Gasteiger partial charge in [-0.15, -0.1) is 11.6 Å². The molecule has 0 aliphatic carbocycles. The molecule has 0 N–H and O–H groups in total. The number of hydrogen-bond donors (Lipinski definition) is 0. The van der Waals surface area contributed by atoms with E-state index in [-0.39, 0.29) is 11.3 Å². The predicted octanol–water partition coefficient (Wildman–Crippen LogP) is 5.72. The van der Waals surface area contributed by atoms with E-state index in [2.05, 4.69) is 15.9 Å². The molecule has 2 aromatic carbocycles. The van der Waals surface area contributed by atoms with E-state index in [0.29, 0.717) is 15.1 Å². The van der Waals surface area contributed by atoms with Crippen molar-refractivity contribution in [2.45, 2.75) is 5.38 Å². The Morgan fingerprint density at radius 3 is 2.50 bits per heavy atom. The number of hydrogen-bond acceptors (Lipinski definition) is 1. The Kier molecular flexibility index (Phi) is 4.89. The lowest BCUT2D eigenvalue weighted by Crippen LogP contribution is -1.99. The zero-order chi connectivity index (χ0) is 14.9. The molecule has 0 heterocycles. The van der Waals surface area contributed by atoms with Gasteiger partial charge in [0.15, 0.2) is 11.6 Å². The summed E-state index contributed by atoms with van der Waals surface area (Å²) in [5.41, 5.74) is 0.732. The minimum Gasteiger partial charge on any atom is -0.494 e. The number of rotatable bonds is 3. The van der Waals surface area contributed by atoms with Crippen LogP contribution in [-0.4, -0.2) is 7.11 Å². The number of alkyl halides is 1. The van der Waals surface area contributed by atoms with Crippen LogP contribution in [0.3, 0.4) is 0 Å². The predicted molar refractivity (Wildman–Crippen MR) is 79.8 cm³/mol. The minimum absolute atomic E-state index is 0.0526. The molecule has 0 fully saturated rings. The van der Waals surface area contributed by atoms with E-state index in [1.807, 2.05) is 0 Å². The van der Waals surface area contributed by atoms with Crippen molar-refractivity contribution in [3.63, 3.8) is 0 Å². The fourth-order valence-corrected chi connectivity index (χ4v) is 2.54. The van der Waals surface area contributed by atoms with Crippen molar-refractivity contribution in [1.82, 2.24) is 0 Å². The SMILES string of the molecule is COc1cc(C(Cl)c2cc(Cl)c(Br)cc2F)ccc1F. The number of ether oxygens (including phenoxy) is 1. The number of benzene rings is 2. The first kappa shape index (κ1) is 15.5. The Bertz CT molecular complexity index is 649. The Morgan fingerprint density at radius 2 is 1.85 bits per heavy atom. The lowest BCUT2D eigenvalue weighted by atomic mass is 10.0. The van der Waals surface area contributed by atoms with Crippen molar-refractivity contribution >= 4 is 39.1 Å². The summed E-state index contributed by atoms with van der Waals surface area (Å²) in [5.74, 6) is -0.948. The molecule has 0 saturated heterocycles. The van der Waals surface area contributed by atoms with Gasteiger partial charge in [-0.3, -0.25) is 0 Å². The van der Waals surface area contributed by atoms with Crippen LogP contribution in [0.4, 0.5) is 8.78 Å². The van der Waals surface area contributed by atoms with Crippen molar-refractivity contribution in [3.05, 3.63) is 62.6 Å². The van der Waals surface area contributed by atoms with Crippen molar-refractivity contribution in [2.75, 3.05) is 7.11 Å². The summed E-state index contributed by atoms with van der Waals surface area (Å²) in [7, 11) is 1.35. The Labute approximate surface area is 133 Å². The molecule has 20 heavy (non-hydrogen) atoms. The van der Waals surface area contributed by atoms with Crippen molar-refractivity contribution in [2.24, 2.45) is 0 Å². The van der Waals surface area contributed by atoms with E-state index >= 15 is 0 Å². The van der Waals surface area contributed by atoms with Crippen LogP contribution in [0.1, 0.15) is 16.5 Å². The van der Waals surface area contributed by atoms with Gasteiger partial charge in [-0.05, 0) is 45.8 Å². The Hall–Kier alpha value is -0.840. The largest absolute Gasteiger partial charge is 0.494 e. The third-order valence-corrected chi connectivity index (χ3v) is 4.46. The summed E-state index contributed by atoms with van der Waals surface area (Å²) in [6.07, 6.45) is 0. The second-order valence-electron chi connectivity index (χ2n) is 4.04. The summed E-state index contributed by atoms with van der Waals surface area (Å²) >= 11 is 15.3. The molecule has 0 saturated carbocycles. The standard InChI is InChI=1S/C14H9BrCl2F2O/c1-20-13-4-7(2-3-11(13)18)14(17)8-5-10(16)9(15)6-12(8)19/h2-6,14H,1H3. The molecule has 0 spiro atoms. The van der Waals surface area contributed by atoms with E-state index in [1.54, 1.807) is 0 Å². The van der Waals surface area contributed by atoms with Crippen LogP contribution in [0.5, 0.6) is 5.75 Å². The molecule has 0 bridgehead atoms. The van der Waals surface area contributed by atoms with Crippen LogP contribution >= 0.6 is 39.1 Å². The first-order valence-corrected chi connectivity index (χ1v) is 7.16. The maximum Gasteiger partial charge on any atom is 0.165 e. The molecule has 1 nitrogen and oxygen atoms in total. The van der Waals surface area contributed by atoms with E-state index in [0.717, 1.165) is 0 Å². The highest BCUT2D eigenvalue weighted by Gasteiger charge is 2.19. The third-order valence-electron chi connectivity index (χ3n) is 2.78. The smallest absolute Gasteiger partial charge is 0.165 e. The monoisotopic (exact) mass is 380 g/mol. The fourth-order valence-electron chi connectivity index (χ4n) is 1.75. The van der Waals surface area contributed by atoms with E-state index < -0.39 is 17.0 Å². The Morgan fingerprint density at radius 1 is 1.15 bits per heavy atom.